The van der Waals surface area contributed by atoms with Gasteiger partial charge in [0, 0.05) is 0 Å². The number of hydrogen-bond acceptors (Lipinski definition) is 3. The highest BCUT2D eigenvalue weighted by Crippen LogP contribution is 2.34. The molecule has 1 fully saturated rings. The number of ether oxygens (including phenoxy) is 2. The van der Waals surface area contributed by atoms with E-state index in [4.69, 9.17) is 4.74 Å². The number of hydrogen-bond donors (Lipinski definition) is 0. The van der Waals surface area contributed by atoms with Crippen molar-refractivity contribution < 1.29 is 14.3 Å². The van der Waals surface area contributed by atoms with E-state index in [9.17, 15) is 4.79 Å². The molecule has 0 unspecified atom stereocenters. The number of benzene rings is 1. The first kappa shape index (κ1) is 13.9. The number of aryl methyl sites for hydroxylation is 1. The average Bonchev–Trinajstić information content (AvgIpc) is 2.98. The molecule has 19 heavy (non-hydrogen) atoms. The lowest BCUT2D eigenvalue weighted by Crippen LogP contribution is -2.06. The van der Waals surface area contributed by atoms with Crippen molar-refractivity contribution in [3.63, 3.8) is 0 Å². The third-order valence-corrected chi connectivity index (χ3v) is 3.77. The number of carbonyl (C=O) groups excluding carboxylic acids is 1. The molecule has 0 radical (unpaired) electrons. The fourth-order valence-electron chi connectivity index (χ4n) is 2.75. The molecule has 2 rings (SSSR count). The molecule has 0 amide bonds. The summed E-state index contributed by atoms with van der Waals surface area (Å²) in [6.45, 7) is 0.417. The van der Waals surface area contributed by atoms with Crippen molar-refractivity contribution >= 4 is 6.16 Å². The van der Waals surface area contributed by atoms with Crippen LogP contribution in [0.25, 0.3) is 0 Å². The van der Waals surface area contributed by atoms with Gasteiger partial charge in [-0.25, -0.2) is 4.79 Å². The van der Waals surface area contributed by atoms with Crippen LogP contribution >= 0.6 is 0 Å². The van der Waals surface area contributed by atoms with E-state index in [1.54, 1.807) is 0 Å². The lowest BCUT2D eigenvalue weighted by molar-refractivity contribution is 0.0719. The molecule has 0 atom stereocenters. The van der Waals surface area contributed by atoms with Crippen LogP contribution < -0.4 is 0 Å². The van der Waals surface area contributed by atoms with Crippen LogP contribution in [-0.4, -0.2) is 19.9 Å². The molecule has 104 valence electrons. The van der Waals surface area contributed by atoms with Gasteiger partial charge in [-0.2, -0.15) is 0 Å². The van der Waals surface area contributed by atoms with Gasteiger partial charge in [0.05, 0.1) is 13.7 Å². The predicted molar refractivity (Wildman–Crippen MR) is 74.3 cm³/mol. The lowest BCUT2D eigenvalue weighted by Gasteiger charge is -2.11. The van der Waals surface area contributed by atoms with E-state index in [-0.39, 0.29) is 0 Å². The molecule has 1 aliphatic carbocycles. The highest BCUT2D eigenvalue weighted by atomic mass is 16.7. The van der Waals surface area contributed by atoms with Crippen molar-refractivity contribution in [1.29, 1.82) is 0 Å². The molecule has 1 aliphatic rings. The third-order valence-electron chi connectivity index (χ3n) is 3.77. The zero-order valence-electron chi connectivity index (χ0n) is 11.6. The number of methoxy groups -OCH3 is 1. The van der Waals surface area contributed by atoms with Gasteiger partial charge in [-0.15, -0.1) is 0 Å². The number of carbonyl (C=O) groups is 1. The minimum atomic E-state index is -0.597. The summed E-state index contributed by atoms with van der Waals surface area (Å²) in [5.74, 6) is 0.756. The summed E-state index contributed by atoms with van der Waals surface area (Å²) < 4.78 is 9.31. The zero-order chi connectivity index (χ0) is 13.5. The first-order chi connectivity index (χ1) is 9.29. The molecule has 0 heterocycles. The Morgan fingerprint density at radius 2 is 2.11 bits per heavy atom. The van der Waals surface area contributed by atoms with Crippen LogP contribution in [0.4, 0.5) is 4.79 Å². The summed E-state index contributed by atoms with van der Waals surface area (Å²) in [5.41, 5.74) is 2.81. The van der Waals surface area contributed by atoms with Crippen molar-refractivity contribution in [2.24, 2.45) is 0 Å². The average molecular weight is 262 g/mol. The normalized spacial score (nSPS) is 15.4. The lowest BCUT2D eigenvalue weighted by atomic mass is 9.95. The van der Waals surface area contributed by atoms with Gasteiger partial charge in [-0.05, 0) is 42.7 Å². The van der Waals surface area contributed by atoms with E-state index in [0.29, 0.717) is 6.61 Å². The minimum absolute atomic E-state index is 0.417. The van der Waals surface area contributed by atoms with Gasteiger partial charge in [0.25, 0.3) is 0 Å². The summed E-state index contributed by atoms with van der Waals surface area (Å²) in [5, 5.41) is 0. The number of rotatable bonds is 5. The van der Waals surface area contributed by atoms with Gasteiger partial charge in [0.1, 0.15) is 0 Å². The van der Waals surface area contributed by atoms with E-state index < -0.39 is 6.16 Å². The van der Waals surface area contributed by atoms with Crippen LogP contribution in [0.15, 0.2) is 24.3 Å². The van der Waals surface area contributed by atoms with Crippen LogP contribution in [0.2, 0.25) is 0 Å². The molecule has 1 aromatic rings. The molecule has 1 aromatic carbocycles. The van der Waals surface area contributed by atoms with E-state index in [2.05, 4.69) is 29.0 Å². The van der Waals surface area contributed by atoms with Crippen molar-refractivity contribution in [2.45, 2.75) is 44.4 Å². The Kier molecular flexibility index (Phi) is 5.25. The Morgan fingerprint density at radius 3 is 2.84 bits per heavy atom. The molecule has 0 N–H and O–H groups in total. The summed E-state index contributed by atoms with van der Waals surface area (Å²) in [7, 11) is 1.33. The quantitative estimate of drug-likeness (QED) is 0.593. The van der Waals surface area contributed by atoms with Crippen LogP contribution in [0.3, 0.4) is 0 Å². The summed E-state index contributed by atoms with van der Waals surface area (Å²) >= 11 is 0. The van der Waals surface area contributed by atoms with Crippen molar-refractivity contribution in [1.82, 2.24) is 0 Å². The summed E-state index contributed by atoms with van der Waals surface area (Å²) in [4.78, 5) is 10.8. The Morgan fingerprint density at radius 1 is 1.32 bits per heavy atom. The minimum Gasteiger partial charge on any atom is -0.438 e. The molecule has 3 heteroatoms. The van der Waals surface area contributed by atoms with E-state index in [1.165, 1.54) is 43.9 Å². The Hall–Kier alpha value is -1.51. The van der Waals surface area contributed by atoms with Crippen LogP contribution in [0.5, 0.6) is 0 Å². The second-order valence-corrected chi connectivity index (χ2v) is 5.13. The van der Waals surface area contributed by atoms with Crippen molar-refractivity contribution in [2.75, 3.05) is 13.7 Å². The van der Waals surface area contributed by atoms with Gasteiger partial charge in [0.2, 0.25) is 0 Å². The monoisotopic (exact) mass is 262 g/mol. The molecule has 0 spiro atoms. The molecular formula is C16H22O3. The summed E-state index contributed by atoms with van der Waals surface area (Å²) in [6, 6.07) is 8.85. The molecule has 1 saturated carbocycles. The largest absolute Gasteiger partial charge is 0.507 e. The standard InChI is InChI=1S/C16H22O3/c1-18-16(17)19-11-5-7-13-6-4-10-15(12-13)14-8-2-3-9-14/h4,6,10,12,14H,2-3,5,7-9,11H2,1H3. The fourth-order valence-corrected chi connectivity index (χ4v) is 2.75. The van der Waals surface area contributed by atoms with E-state index >= 15 is 0 Å². The smallest absolute Gasteiger partial charge is 0.438 e. The molecular weight excluding hydrogens is 240 g/mol. The van der Waals surface area contributed by atoms with E-state index in [1.807, 2.05) is 0 Å². The van der Waals surface area contributed by atoms with Gasteiger partial charge >= 0.3 is 6.16 Å². The SMILES string of the molecule is COC(=O)OCCCc1cccc(C2CCCC2)c1. The second-order valence-electron chi connectivity index (χ2n) is 5.13. The van der Waals surface area contributed by atoms with Gasteiger partial charge in [-0.1, -0.05) is 37.1 Å². The van der Waals surface area contributed by atoms with Gasteiger partial charge < -0.3 is 9.47 Å². The second kappa shape index (κ2) is 7.17. The van der Waals surface area contributed by atoms with E-state index in [0.717, 1.165) is 18.8 Å². The van der Waals surface area contributed by atoms with Crippen LogP contribution in [0, 0.1) is 0 Å². The fraction of sp³-hybridized carbons (Fsp3) is 0.562. The van der Waals surface area contributed by atoms with Crippen molar-refractivity contribution in [3.8, 4) is 0 Å². The highest BCUT2D eigenvalue weighted by molar-refractivity contribution is 5.59. The topological polar surface area (TPSA) is 35.5 Å². The first-order valence-electron chi connectivity index (χ1n) is 7.09. The molecule has 0 aromatic heterocycles. The Labute approximate surface area is 114 Å². The Balaban J connectivity index is 1.80. The zero-order valence-corrected chi connectivity index (χ0v) is 11.6. The summed E-state index contributed by atoms with van der Waals surface area (Å²) in [6.07, 6.45) is 6.56. The molecule has 0 bridgehead atoms. The maximum absolute atomic E-state index is 10.8. The highest BCUT2D eigenvalue weighted by Gasteiger charge is 2.16. The van der Waals surface area contributed by atoms with Crippen LogP contribution in [0.1, 0.15) is 49.1 Å². The third kappa shape index (κ3) is 4.27. The van der Waals surface area contributed by atoms with Crippen LogP contribution in [-0.2, 0) is 15.9 Å². The predicted octanol–water partition coefficient (Wildman–Crippen LogP) is 4.06. The molecule has 0 saturated heterocycles. The van der Waals surface area contributed by atoms with Crippen molar-refractivity contribution in [3.05, 3.63) is 35.4 Å². The maximum atomic E-state index is 10.8. The maximum Gasteiger partial charge on any atom is 0.507 e. The molecule has 0 aliphatic heterocycles. The van der Waals surface area contributed by atoms with Gasteiger partial charge in [0.15, 0.2) is 0 Å². The van der Waals surface area contributed by atoms with Gasteiger partial charge in [-0.3, -0.25) is 0 Å². The first-order valence-corrected chi connectivity index (χ1v) is 7.09. The Bertz CT molecular complexity index is 408. The molecule has 3 nitrogen and oxygen atoms in total.